The van der Waals surface area contributed by atoms with Crippen molar-refractivity contribution < 1.29 is 28.3 Å². The van der Waals surface area contributed by atoms with Crippen LogP contribution in [0.15, 0.2) is 35.3 Å². The molecule has 0 aromatic carbocycles. The zero-order valence-corrected chi connectivity index (χ0v) is 18.6. The van der Waals surface area contributed by atoms with Crippen LogP contribution in [0.5, 0.6) is 0 Å². The van der Waals surface area contributed by atoms with Gasteiger partial charge in [0.05, 0.1) is 43.6 Å². The Morgan fingerprint density at radius 1 is 1.19 bits per heavy atom. The van der Waals surface area contributed by atoms with Crippen molar-refractivity contribution in [3.8, 4) is 0 Å². The quantitative estimate of drug-likeness (QED) is 0.509. The van der Waals surface area contributed by atoms with E-state index in [2.05, 4.69) is 15.6 Å². The minimum absolute atomic E-state index is 0.179. The molecule has 0 spiro atoms. The lowest BCUT2D eigenvalue weighted by Crippen LogP contribution is -2.27. The number of rotatable bonds is 8. The van der Waals surface area contributed by atoms with Crippen molar-refractivity contribution in [3.63, 3.8) is 0 Å². The number of methoxy groups -OCH3 is 2. The maximum absolute atomic E-state index is 12.8. The number of fused-ring (bicyclic) bond motifs is 1. The molecule has 3 heterocycles. The van der Waals surface area contributed by atoms with Gasteiger partial charge in [-0.1, -0.05) is 13.8 Å². The van der Waals surface area contributed by atoms with Crippen molar-refractivity contribution in [2.24, 2.45) is 5.92 Å². The summed E-state index contributed by atoms with van der Waals surface area (Å²) < 4.78 is 16.5. The van der Waals surface area contributed by atoms with E-state index in [4.69, 9.17) is 13.9 Å². The molecule has 10 nitrogen and oxygen atoms in total. The Morgan fingerprint density at radius 2 is 1.94 bits per heavy atom. The van der Waals surface area contributed by atoms with Gasteiger partial charge in [-0.15, -0.1) is 0 Å². The largest absolute Gasteiger partial charge is 0.472 e. The molecule has 1 unspecified atom stereocenters. The molecule has 0 aliphatic rings. The van der Waals surface area contributed by atoms with E-state index in [-0.39, 0.29) is 17.3 Å². The van der Waals surface area contributed by atoms with Crippen LogP contribution >= 0.6 is 0 Å². The third-order valence-corrected chi connectivity index (χ3v) is 4.78. The second-order valence-corrected chi connectivity index (χ2v) is 7.67. The number of anilines is 2. The van der Waals surface area contributed by atoms with Gasteiger partial charge in [-0.3, -0.25) is 4.79 Å². The van der Waals surface area contributed by atoms with Crippen LogP contribution in [0.25, 0.3) is 11.0 Å². The summed E-state index contributed by atoms with van der Waals surface area (Å²) in [6.45, 7) is 6.14. The van der Waals surface area contributed by atoms with Crippen LogP contribution < -0.4 is 10.6 Å². The highest BCUT2D eigenvalue weighted by molar-refractivity contribution is 6.14. The zero-order chi connectivity index (χ0) is 23.4. The van der Waals surface area contributed by atoms with Crippen molar-refractivity contribution in [2.45, 2.75) is 33.4 Å². The Hall–Kier alpha value is -3.82. The smallest absolute Gasteiger partial charge is 0.356 e. The van der Waals surface area contributed by atoms with Crippen molar-refractivity contribution in [2.75, 3.05) is 24.9 Å². The number of esters is 2. The highest BCUT2D eigenvalue weighted by atomic mass is 16.5. The molecule has 10 heteroatoms. The number of amides is 1. The molecular formula is C22H26N4O6. The molecule has 3 aromatic heterocycles. The Balaban J connectivity index is 2.17. The van der Waals surface area contributed by atoms with Crippen LogP contribution in [0.2, 0.25) is 0 Å². The van der Waals surface area contributed by atoms with Crippen molar-refractivity contribution >= 4 is 40.3 Å². The molecule has 0 radical (unpaired) electrons. The minimum atomic E-state index is -0.624. The van der Waals surface area contributed by atoms with Gasteiger partial charge in [-0.25, -0.2) is 14.6 Å². The van der Waals surface area contributed by atoms with Crippen LogP contribution in [-0.2, 0) is 20.8 Å². The van der Waals surface area contributed by atoms with Crippen LogP contribution in [-0.4, -0.2) is 47.7 Å². The molecule has 0 aliphatic heterocycles. The van der Waals surface area contributed by atoms with Gasteiger partial charge in [0.1, 0.15) is 18.0 Å². The molecule has 170 valence electrons. The standard InChI is InChI=1S/C22H26N4O6/c1-12(2)10-26-18(22(29)31-5)17(25-20(27)14-6-7-32-11-14)16-8-15(9-23-19(16)26)24-13(3)21(28)30-4/h6-9,11-13,24H,10H2,1-5H3,(H,25,27). The molecule has 0 aliphatic carbocycles. The molecule has 2 N–H and O–H groups in total. The van der Waals surface area contributed by atoms with E-state index in [1.807, 2.05) is 13.8 Å². The first kappa shape index (κ1) is 22.9. The van der Waals surface area contributed by atoms with E-state index >= 15 is 0 Å². The molecule has 0 saturated heterocycles. The van der Waals surface area contributed by atoms with Crippen LogP contribution in [0.3, 0.4) is 0 Å². The maximum Gasteiger partial charge on any atom is 0.356 e. The van der Waals surface area contributed by atoms with Crippen molar-refractivity contribution in [1.82, 2.24) is 9.55 Å². The predicted octanol–water partition coefficient (Wildman–Crippen LogP) is 3.30. The van der Waals surface area contributed by atoms with Gasteiger partial charge in [0.25, 0.3) is 5.91 Å². The average molecular weight is 442 g/mol. The number of nitrogens with zero attached hydrogens (tertiary/aromatic N) is 2. The number of pyridine rings is 1. The summed E-state index contributed by atoms with van der Waals surface area (Å²) in [6, 6.07) is 2.61. The summed E-state index contributed by atoms with van der Waals surface area (Å²) in [7, 11) is 2.58. The zero-order valence-electron chi connectivity index (χ0n) is 18.6. The number of hydrogen-bond acceptors (Lipinski definition) is 8. The lowest BCUT2D eigenvalue weighted by atomic mass is 10.2. The normalized spacial score (nSPS) is 11.9. The number of carbonyl (C=O) groups is 3. The molecule has 0 bridgehead atoms. The van der Waals surface area contributed by atoms with Gasteiger partial charge >= 0.3 is 11.9 Å². The number of hydrogen-bond donors (Lipinski definition) is 2. The van der Waals surface area contributed by atoms with Gasteiger partial charge in [0.15, 0.2) is 5.69 Å². The van der Waals surface area contributed by atoms with Gasteiger partial charge in [-0.05, 0) is 25.0 Å². The topological polar surface area (TPSA) is 125 Å². The SMILES string of the molecule is COC(=O)c1c(NC(=O)c2ccoc2)c2cc(NC(C)C(=O)OC)cnc2n1CC(C)C. The summed E-state index contributed by atoms with van der Waals surface area (Å²) in [5.74, 6) is -1.31. The van der Waals surface area contributed by atoms with E-state index in [1.165, 1.54) is 32.8 Å². The molecule has 0 saturated carbocycles. The van der Waals surface area contributed by atoms with Crippen molar-refractivity contribution in [3.05, 3.63) is 42.1 Å². The summed E-state index contributed by atoms with van der Waals surface area (Å²) in [6.07, 6.45) is 4.25. The molecule has 1 amide bonds. The lowest BCUT2D eigenvalue weighted by Gasteiger charge is -2.13. The molecule has 32 heavy (non-hydrogen) atoms. The highest BCUT2D eigenvalue weighted by Gasteiger charge is 2.27. The first-order chi connectivity index (χ1) is 15.3. The molecule has 3 aromatic rings. The number of carbonyl (C=O) groups excluding carboxylic acids is 3. The number of furan rings is 1. The van der Waals surface area contributed by atoms with Gasteiger partial charge < -0.3 is 29.1 Å². The van der Waals surface area contributed by atoms with Gasteiger partial charge in [0, 0.05) is 11.9 Å². The summed E-state index contributed by atoms with van der Waals surface area (Å²) in [5, 5.41) is 6.33. The Bertz CT molecular complexity index is 1130. The van der Waals surface area contributed by atoms with Gasteiger partial charge in [0.2, 0.25) is 0 Å². The fourth-order valence-corrected chi connectivity index (χ4v) is 3.35. The Labute approximate surface area is 184 Å². The van der Waals surface area contributed by atoms with Crippen molar-refractivity contribution in [1.29, 1.82) is 0 Å². The van der Waals surface area contributed by atoms with E-state index in [9.17, 15) is 14.4 Å². The first-order valence-corrected chi connectivity index (χ1v) is 10.0. The molecule has 0 fully saturated rings. The minimum Gasteiger partial charge on any atom is -0.472 e. The van der Waals surface area contributed by atoms with E-state index in [1.54, 1.807) is 23.8 Å². The predicted molar refractivity (Wildman–Crippen MR) is 118 cm³/mol. The average Bonchev–Trinajstić information content (AvgIpc) is 3.40. The van der Waals surface area contributed by atoms with E-state index in [0.29, 0.717) is 28.8 Å². The van der Waals surface area contributed by atoms with Gasteiger partial charge in [-0.2, -0.15) is 0 Å². The Kier molecular flexibility index (Phi) is 6.82. The maximum atomic E-state index is 12.8. The monoisotopic (exact) mass is 442 g/mol. The fraction of sp³-hybridized carbons (Fsp3) is 0.364. The summed E-state index contributed by atoms with van der Waals surface area (Å²) >= 11 is 0. The number of aromatic nitrogens is 2. The second-order valence-electron chi connectivity index (χ2n) is 7.67. The Morgan fingerprint density at radius 3 is 2.53 bits per heavy atom. The second kappa shape index (κ2) is 9.54. The summed E-state index contributed by atoms with van der Waals surface area (Å²) in [5.41, 5.74) is 1.76. The first-order valence-electron chi connectivity index (χ1n) is 10.0. The van der Waals surface area contributed by atoms with E-state index in [0.717, 1.165) is 0 Å². The van der Waals surface area contributed by atoms with Crippen LogP contribution in [0.1, 0.15) is 41.6 Å². The lowest BCUT2D eigenvalue weighted by molar-refractivity contribution is -0.141. The third-order valence-electron chi connectivity index (χ3n) is 4.78. The number of nitrogens with one attached hydrogen (secondary N) is 2. The molecular weight excluding hydrogens is 416 g/mol. The van der Waals surface area contributed by atoms with Crippen LogP contribution in [0.4, 0.5) is 11.4 Å². The highest BCUT2D eigenvalue weighted by Crippen LogP contribution is 2.33. The molecule has 1 atom stereocenters. The van der Waals surface area contributed by atoms with E-state index < -0.39 is 23.9 Å². The summed E-state index contributed by atoms with van der Waals surface area (Å²) in [4.78, 5) is 41.8. The fourth-order valence-electron chi connectivity index (χ4n) is 3.35. The number of ether oxygens (including phenoxy) is 2. The third kappa shape index (κ3) is 4.58. The van der Waals surface area contributed by atoms with Crippen LogP contribution in [0, 0.1) is 5.92 Å². The molecule has 3 rings (SSSR count).